The molecular formula is C30H50O4. The smallest absolute Gasteiger partial charge is 0.303 e. The van der Waals surface area contributed by atoms with Gasteiger partial charge in [-0.1, -0.05) is 77.0 Å². The Morgan fingerprint density at radius 3 is 0.824 bits per heavy atom. The summed E-state index contributed by atoms with van der Waals surface area (Å²) >= 11 is 0. The third kappa shape index (κ3) is 5.07. The van der Waals surface area contributed by atoms with E-state index in [1.807, 2.05) is 0 Å². The summed E-state index contributed by atoms with van der Waals surface area (Å²) in [5, 5.41) is 21.1. The molecule has 34 heavy (non-hydrogen) atoms. The number of carbonyl (C=O) groups is 2. The Labute approximate surface area is 207 Å². The fourth-order valence-corrected chi connectivity index (χ4v) is 10.1. The van der Waals surface area contributed by atoms with Gasteiger partial charge < -0.3 is 10.2 Å². The van der Waals surface area contributed by atoms with Crippen LogP contribution in [-0.2, 0) is 9.59 Å². The molecule has 4 heteroatoms. The second-order valence-electron chi connectivity index (χ2n) is 12.6. The molecule has 0 aromatic carbocycles. The second-order valence-corrected chi connectivity index (χ2v) is 12.6. The van der Waals surface area contributed by atoms with E-state index >= 15 is 0 Å². The number of hydrogen-bond acceptors (Lipinski definition) is 2. The molecule has 0 atom stereocenters. The Kier molecular flexibility index (Phi) is 9.02. The highest BCUT2D eigenvalue weighted by Crippen LogP contribution is 2.70. The van der Waals surface area contributed by atoms with Crippen molar-refractivity contribution in [3.63, 3.8) is 0 Å². The molecule has 4 aliphatic carbocycles. The lowest BCUT2D eigenvalue weighted by Gasteiger charge is -2.66. The first kappa shape index (κ1) is 26.0. The van der Waals surface area contributed by atoms with Gasteiger partial charge in [0.25, 0.3) is 0 Å². The number of hydrogen-bond donors (Lipinski definition) is 2. The molecule has 4 aliphatic rings. The predicted molar refractivity (Wildman–Crippen MR) is 136 cm³/mol. The maximum absolute atomic E-state index is 12.9. The van der Waals surface area contributed by atoms with E-state index in [1.165, 1.54) is 77.0 Å². The van der Waals surface area contributed by atoms with Crippen molar-refractivity contribution in [1.82, 2.24) is 0 Å². The van der Waals surface area contributed by atoms with Crippen LogP contribution in [0.25, 0.3) is 0 Å². The van der Waals surface area contributed by atoms with Crippen LogP contribution in [-0.4, -0.2) is 22.2 Å². The van der Waals surface area contributed by atoms with Gasteiger partial charge in [0.05, 0.1) is 12.8 Å². The summed E-state index contributed by atoms with van der Waals surface area (Å²) in [6.45, 7) is 0. The minimum Gasteiger partial charge on any atom is -0.481 e. The Bertz CT molecular complexity index is 567. The van der Waals surface area contributed by atoms with Crippen LogP contribution in [0, 0.1) is 34.5 Å². The lowest BCUT2D eigenvalue weighted by molar-refractivity contribution is -0.199. The van der Waals surface area contributed by atoms with Gasteiger partial charge >= 0.3 is 11.9 Å². The van der Waals surface area contributed by atoms with Crippen molar-refractivity contribution in [1.29, 1.82) is 0 Å². The fraction of sp³-hybridized carbons (Fsp3) is 0.933. The normalized spacial score (nSPS) is 25.3. The van der Waals surface area contributed by atoms with Crippen LogP contribution in [0.5, 0.6) is 0 Å². The molecule has 194 valence electrons. The van der Waals surface area contributed by atoms with E-state index in [9.17, 15) is 19.8 Å². The largest absolute Gasteiger partial charge is 0.481 e. The topological polar surface area (TPSA) is 74.6 Å². The molecule has 4 rings (SSSR count). The van der Waals surface area contributed by atoms with E-state index in [2.05, 4.69) is 0 Å². The quantitative estimate of drug-likeness (QED) is 0.353. The van der Waals surface area contributed by atoms with Gasteiger partial charge in [-0.3, -0.25) is 9.59 Å². The molecule has 0 amide bonds. The third-order valence-corrected chi connectivity index (χ3v) is 11.1. The summed E-state index contributed by atoms with van der Waals surface area (Å²) < 4.78 is 0. The molecule has 0 saturated heterocycles. The summed E-state index contributed by atoms with van der Waals surface area (Å²) in [5.74, 6) is 0.176. The minimum absolute atomic E-state index is 0.211. The molecule has 4 nitrogen and oxygen atoms in total. The first-order valence-electron chi connectivity index (χ1n) is 14.9. The molecule has 4 fully saturated rings. The number of aliphatic carboxylic acids is 2. The highest BCUT2D eigenvalue weighted by Gasteiger charge is 2.65. The lowest BCUT2D eigenvalue weighted by atomic mass is 9.38. The van der Waals surface area contributed by atoms with Gasteiger partial charge in [0.1, 0.15) is 0 Å². The molecule has 4 saturated carbocycles. The minimum atomic E-state index is -0.669. The average Bonchev–Trinajstić information content (AvgIpc) is 2.88. The van der Waals surface area contributed by atoms with Crippen molar-refractivity contribution in [3.05, 3.63) is 0 Å². The average molecular weight is 475 g/mol. The summed E-state index contributed by atoms with van der Waals surface area (Å²) in [4.78, 5) is 25.7. The van der Waals surface area contributed by atoms with Crippen molar-refractivity contribution in [2.75, 3.05) is 0 Å². The van der Waals surface area contributed by atoms with Crippen LogP contribution in [0.2, 0.25) is 0 Å². The van der Waals surface area contributed by atoms with Gasteiger partial charge in [-0.2, -0.15) is 0 Å². The molecule has 0 heterocycles. The summed E-state index contributed by atoms with van der Waals surface area (Å²) in [7, 11) is 0. The molecule has 0 radical (unpaired) electrons. The Morgan fingerprint density at radius 2 is 0.647 bits per heavy atom. The molecule has 0 bridgehead atoms. The maximum Gasteiger partial charge on any atom is 0.303 e. The first-order valence-corrected chi connectivity index (χ1v) is 14.9. The van der Waals surface area contributed by atoms with Crippen molar-refractivity contribution in [3.8, 4) is 0 Å². The Balaban J connectivity index is 1.95. The van der Waals surface area contributed by atoms with Crippen LogP contribution in [0.4, 0.5) is 0 Å². The monoisotopic (exact) mass is 474 g/mol. The van der Waals surface area contributed by atoms with Crippen molar-refractivity contribution < 1.29 is 19.8 Å². The van der Waals surface area contributed by atoms with Gasteiger partial charge in [-0.25, -0.2) is 0 Å². The van der Waals surface area contributed by atoms with E-state index in [1.54, 1.807) is 0 Å². The van der Waals surface area contributed by atoms with Crippen LogP contribution in [0.3, 0.4) is 0 Å². The number of carboxylic acids is 2. The summed E-state index contributed by atoms with van der Waals surface area (Å²) in [6, 6.07) is 0. The Morgan fingerprint density at radius 1 is 0.441 bits per heavy atom. The van der Waals surface area contributed by atoms with E-state index in [0.29, 0.717) is 23.7 Å². The van der Waals surface area contributed by atoms with Crippen molar-refractivity contribution in [2.24, 2.45) is 34.5 Å². The number of rotatable bonds is 9. The standard InChI is InChI=1S/C30H50O4/c31-27(32)21-29(23-13-5-1-6-14-23,24-15-7-2-8-16-24)30(22-28(33)34,25-17-9-3-10-18-25)26-19-11-4-12-20-26/h23-26H,1-22H2,(H,31,32)(H,33,34). The van der Waals surface area contributed by atoms with Crippen LogP contribution in [0.1, 0.15) is 141 Å². The molecule has 2 N–H and O–H groups in total. The summed E-state index contributed by atoms with van der Waals surface area (Å²) in [5.41, 5.74) is -0.718. The SMILES string of the molecule is O=C(O)CC(C1CCCCC1)(C1CCCCC1)C(CC(=O)O)(C1CCCCC1)C1CCCCC1. The predicted octanol–water partition coefficient (Wildman–Crippen LogP) is 8.23. The number of carboxylic acid groups (broad SMARTS) is 2. The molecule has 0 unspecified atom stereocenters. The maximum atomic E-state index is 12.9. The second kappa shape index (κ2) is 11.8. The third-order valence-electron chi connectivity index (χ3n) is 11.1. The van der Waals surface area contributed by atoms with E-state index in [4.69, 9.17) is 0 Å². The summed E-state index contributed by atoms with van der Waals surface area (Å²) in [6.07, 6.45) is 23.9. The lowest BCUT2D eigenvalue weighted by Crippen LogP contribution is -2.61. The molecule has 0 aromatic heterocycles. The zero-order valence-electron chi connectivity index (χ0n) is 21.6. The van der Waals surface area contributed by atoms with Crippen molar-refractivity contribution >= 4 is 11.9 Å². The van der Waals surface area contributed by atoms with Gasteiger partial charge in [0, 0.05) is 0 Å². The van der Waals surface area contributed by atoms with Gasteiger partial charge in [0.2, 0.25) is 0 Å². The van der Waals surface area contributed by atoms with E-state index in [0.717, 1.165) is 51.4 Å². The fourth-order valence-electron chi connectivity index (χ4n) is 10.1. The van der Waals surface area contributed by atoms with E-state index in [-0.39, 0.29) is 23.7 Å². The van der Waals surface area contributed by atoms with Crippen molar-refractivity contribution in [2.45, 2.75) is 141 Å². The molecule has 0 aromatic rings. The molecule has 0 aliphatic heterocycles. The van der Waals surface area contributed by atoms with Crippen LogP contribution < -0.4 is 0 Å². The molecule has 0 spiro atoms. The van der Waals surface area contributed by atoms with Gasteiger partial charge in [-0.05, 0) is 85.9 Å². The van der Waals surface area contributed by atoms with Crippen LogP contribution in [0.15, 0.2) is 0 Å². The first-order chi connectivity index (χ1) is 16.5. The molecular weight excluding hydrogens is 424 g/mol. The Hall–Kier alpha value is -1.06. The van der Waals surface area contributed by atoms with Crippen LogP contribution >= 0.6 is 0 Å². The van der Waals surface area contributed by atoms with E-state index < -0.39 is 11.9 Å². The highest BCUT2D eigenvalue weighted by atomic mass is 16.4. The highest BCUT2D eigenvalue weighted by molar-refractivity contribution is 5.70. The van der Waals surface area contributed by atoms with Gasteiger partial charge in [0.15, 0.2) is 0 Å². The van der Waals surface area contributed by atoms with Gasteiger partial charge in [-0.15, -0.1) is 0 Å². The zero-order valence-corrected chi connectivity index (χ0v) is 21.6. The zero-order chi connectivity index (χ0) is 24.0.